The highest BCUT2D eigenvalue weighted by Crippen LogP contribution is 2.31. The lowest BCUT2D eigenvalue weighted by Crippen LogP contribution is -2.43. The van der Waals surface area contributed by atoms with Crippen molar-refractivity contribution in [3.63, 3.8) is 0 Å². The molecule has 4 nitrogen and oxygen atoms in total. The fourth-order valence-corrected chi connectivity index (χ4v) is 2.94. The van der Waals surface area contributed by atoms with Gasteiger partial charge in [-0.3, -0.25) is 0 Å². The fourth-order valence-electron chi connectivity index (χ4n) is 2.82. The lowest BCUT2D eigenvalue weighted by atomic mass is 9.87. The number of benzene rings is 1. The van der Waals surface area contributed by atoms with Crippen LogP contribution in [0.15, 0.2) is 36.5 Å². The molecular weight excluding hydrogens is 315 g/mol. The van der Waals surface area contributed by atoms with Gasteiger partial charge in [-0.05, 0) is 36.6 Å². The Bertz CT molecular complexity index is 718. The van der Waals surface area contributed by atoms with Crippen molar-refractivity contribution in [2.75, 3.05) is 18.0 Å². The van der Waals surface area contributed by atoms with Gasteiger partial charge in [0.05, 0.1) is 0 Å². The smallest absolute Gasteiger partial charge is 0.226 e. The molecule has 0 spiro atoms. The summed E-state index contributed by atoms with van der Waals surface area (Å²) in [5, 5.41) is 9.56. The van der Waals surface area contributed by atoms with Crippen LogP contribution >= 0.6 is 11.6 Å². The first-order chi connectivity index (χ1) is 11.1. The van der Waals surface area contributed by atoms with E-state index in [9.17, 15) is 0 Å². The Hall–Kier alpha value is -2.19. The summed E-state index contributed by atoms with van der Waals surface area (Å²) in [7, 11) is 0. The van der Waals surface area contributed by atoms with E-state index in [1.54, 1.807) is 24.4 Å². The first kappa shape index (κ1) is 15.7. The molecule has 1 aromatic carbocycles. The molecule has 1 aliphatic heterocycles. The molecule has 23 heavy (non-hydrogen) atoms. The molecule has 118 valence electrons. The third kappa shape index (κ3) is 3.77. The van der Waals surface area contributed by atoms with Crippen LogP contribution in [0.1, 0.15) is 24.1 Å². The predicted molar refractivity (Wildman–Crippen MR) is 87.2 cm³/mol. The van der Waals surface area contributed by atoms with Gasteiger partial charge < -0.3 is 4.90 Å². The molecule has 1 saturated heterocycles. The quantitative estimate of drug-likeness (QED) is 0.863. The zero-order valence-electron chi connectivity index (χ0n) is 12.5. The molecule has 1 fully saturated rings. The average molecular weight is 331 g/mol. The van der Waals surface area contributed by atoms with Crippen molar-refractivity contribution >= 4 is 17.5 Å². The molecule has 3 rings (SSSR count). The molecular formula is C17H16ClFN4. The Balaban J connectivity index is 1.65. The molecule has 6 heteroatoms. The third-order valence-electron chi connectivity index (χ3n) is 4.13. The van der Waals surface area contributed by atoms with Crippen LogP contribution in [0.3, 0.4) is 0 Å². The van der Waals surface area contributed by atoms with Crippen molar-refractivity contribution in [1.82, 2.24) is 9.97 Å². The van der Waals surface area contributed by atoms with E-state index in [0.717, 1.165) is 5.56 Å². The molecule has 0 aliphatic carbocycles. The number of alkyl halides is 1. The normalized spacial score (nSPS) is 16.8. The number of nitrogens with zero attached hydrogens (tertiary/aromatic N) is 4. The van der Waals surface area contributed by atoms with E-state index >= 15 is 4.39 Å². The maximum atomic E-state index is 15.0. The number of anilines is 1. The highest BCUT2D eigenvalue weighted by Gasteiger charge is 2.35. The first-order valence-electron chi connectivity index (χ1n) is 7.49. The van der Waals surface area contributed by atoms with E-state index in [1.165, 1.54) is 0 Å². The van der Waals surface area contributed by atoms with Crippen molar-refractivity contribution in [1.29, 1.82) is 5.26 Å². The molecule has 2 heterocycles. The van der Waals surface area contributed by atoms with Crippen molar-refractivity contribution in [2.45, 2.75) is 24.9 Å². The summed E-state index contributed by atoms with van der Waals surface area (Å²) in [6.45, 7) is 1.08. The van der Waals surface area contributed by atoms with Gasteiger partial charge in [-0.15, -0.1) is 0 Å². The number of hydrogen-bond acceptors (Lipinski definition) is 4. The van der Waals surface area contributed by atoms with Crippen LogP contribution in [0, 0.1) is 11.3 Å². The molecule has 0 amide bonds. The zero-order valence-corrected chi connectivity index (χ0v) is 13.3. The van der Waals surface area contributed by atoms with E-state index in [-0.39, 0.29) is 0 Å². The molecule has 0 unspecified atom stereocenters. The Morgan fingerprint density at radius 2 is 1.91 bits per heavy atom. The minimum Gasteiger partial charge on any atom is -0.341 e. The molecule has 0 atom stereocenters. The largest absolute Gasteiger partial charge is 0.341 e. The fraction of sp³-hybridized carbons (Fsp3) is 0.353. The van der Waals surface area contributed by atoms with Gasteiger partial charge in [-0.2, -0.15) is 5.26 Å². The Morgan fingerprint density at radius 3 is 2.57 bits per heavy atom. The third-order valence-corrected chi connectivity index (χ3v) is 4.39. The van der Waals surface area contributed by atoms with Crippen LogP contribution in [0.25, 0.3) is 0 Å². The van der Waals surface area contributed by atoms with E-state index < -0.39 is 5.67 Å². The number of aromatic nitrogens is 2. The van der Waals surface area contributed by atoms with Gasteiger partial charge in [-0.25, -0.2) is 14.4 Å². The van der Waals surface area contributed by atoms with Gasteiger partial charge in [0.15, 0.2) is 0 Å². The molecule has 1 aliphatic rings. The summed E-state index contributed by atoms with van der Waals surface area (Å²) < 4.78 is 15.0. The van der Waals surface area contributed by atoms with Gasteiger partial charge in [0, 0.05) is 30.7 Å². The number of nitriles is 1. The van der Waals surface area contributed by atoms with Gasteiger partial charge >= 0.3 is 0 Å². The summed E-state index contributed by atoms with van der Waals surface area (Å²) in [6, 6.07) is 10.9. The second-order valence-electron chi connectivity index (χ2n) is 5.79. The summed E-state index contributed by atoms with van der Waals surface area (Å²) >= 11 is 5.86. The first-order valence-corrected chi connectivity index (χ1v) is 7.87. The van der Waals surface area contributed by atoms with Gasteiger partial charge in [0.25, 0.3) is 0 Å². The maximum absolute atomic E-state index is 15.0. The van der Waals surface area contributed by atoms with Crippen molar-refractivity contribution in [3.05, 3.63) is 52.8 Å². The number of rotatable bonds is 3. The van der Waals surface area contributed by atoms with E-state index in [1.807, 2.05) is 23.1 Å². The van der Waals surface area contributed by atoms with Crippen LogP contribution in [-0.4, -0.2) is 28.7 Å². The van der Waals surface area contributed by atoms with Crippen LogP contribution < -0.4 is 4.90 Å². The number of piperidine rings is 1. The van der Waals surface area contributed by atoms with Gasteiger partial charge in [-0.1, -0.05) is 23.7 Å². The summed E-state index contributed by atoms with van der Waals surface area (Å²) in [4.78, 5) is 10.3. The summed E-state index contributed by atoms with van der Waals surface area (Å²) in [5.41, 5.74) is 0.0540. The Kier molecular flexibility index (Phi) is 4.44. The Morgan fingerprint density at radius 1 is 1.22 bits per heavy atom. The molecule has 0 bridgehead atoms. The summed E-state index contributed by atoms with van der Waals surface area (Å²) in [5.74, 6) is 0.498. The van der Waals surface area contributed by atoms with Crippen molar-refractivity contribution in [2.24, 2.45) is 0 Å². The van der Waals surface area contributed by atoms with E-state index in [0.29, 0.717) is 49.0 Å². The Labute approximate surface area is 139 Å². The molecule has 1 aromatic heterocycles. The number of halogens is 2. The van der Waals surface area contributed by atoms with Gasteiger partial charge in [0.2, 0.25) is 5.95 Å². The molecule has 0 saturated carbocycles. The van der Waals surface area contributed by atoms with Crippen molar-refractivity contribution in [3.8, 4) is 6.07 Å². The number of hydrogen-bond donors (Lipinski definition) is 0. The standard InChI is InChI=1S/C17H16ClFN4/c18-14-3-1-13(2-4-14)11-17(19)6-9-23(10-7-17)16-21-8-5-15(12-20)22-16/h1-5,8H,6-7,9-11H2. The average Bonchev–Trinajstić information content (AvgIpc) is 2.57. The molecule has 0 radical (unpaired) electrons. The molecule has 0 N–H and O–H groups in total. The van der Waals surface area contributed by atoms with Crippen molar-refractivity contribution < 1.29 is 4.39 Å². The SMILES string of the molecule is N#Cc1ccnc(N2CCC(F)(Cc3ccc(Cl)cc3)CC2)n1. The minimum atomic E-state index is -1.23. The van der Waals surface area contributed by atoms with Crippen LogP contribution in [-0.2, 0) is 6.42 Å². The lowest BCUT2D eigenvalue weighted by molar-refractivity contribution is 0.125. The molecule has 2 aromatic rings. The minimum absolute atomic E-state index is 0.327. The van der Waals surface area contributed by atoms with Crippen LogP contribution in [0.2, 0.25) is 5.02 Å². The topological polar surface area (TPSA) is 52.8 Å². The second-order valence-corrected chi connectivity index (χ2v) is 6.23. The second kappa shape index (κ2) is 6.51. The van der Waals surface area contributed by atoms with E-state index in [2.05, 4.69) is 9.97 Å². The van der Waals surface area contributed by atoms with Gasteiger partial charge in [0.1, 0.15) is 17.4 Å². The van der Waals surface area contributed by atoms with E-state index in [4.69, 9.17) is 16.9 Å². The highest BCUT2D eigenvalue weighted by molar-refractivity contribution is 6.30. The maximum Gasteiger partial charge on any atom is 0.226 e. The van der Waals surface area contributed by atoms with Crippen LogP contribution in [0.5, 0.6) is 0 Å². The monoisotopic (exact) mass is 330 g/mol. The summed E-state index contributed by atoms with van der Waals surface area (Å²) in [6.07, 6.45) is 2.77. The zero-order chi connectivity index (χ0) is 16.3. The lowest BCUT2D eigenvalue weighted by Gasteiger charge is -2.36. The highest BCUT2D eigenvalue weighted by atomic mass is 35.5. The predicted octanol–water partition coefficient (Wildman–Crippen LogP) is 3.55. The van der Waals surface area contributed by atoms with Crippen LogP contribution in [0.4, 0.5) is 10.3 Å².